The second-order valence-corrected chi connectivity index (χ2v) is 6.25. The molecule has 0 N–H and O–H groups in total. The zero-order valence-electron chi connectivity index (χ0n) is 15.8. The van der Waals surface area contributed by atoms with Gasteiger partial charge in [-0.15, -0.1) is 0 Å². The smallest absolute Gasteiger partial charge is 0.0169 e. The maximum absolute atomic E-state index is 2.39. The summed E-state index contributed by atoms with van der Waals surface area (Å²) in [5.74, 6) is 0. The summed E-state index contributed by atoms with van der Waals surface area (Å²) in [6.45, 7) is 4.45. The van der Waals surface area contributed by atoms with Gasteiger partial charge in [0.1, 0.15) is 0 Å². The van der Waals surface area contributed by atoms with Crippen molar-refractivity contribution < 1.29 is 0 Å². The molecule has 0 aliphatic rings. The number of hydrogen-bond acceptors (Lipinski definition) is 0. The Labute approximate surface area is 146 Å². The molecule has 0 aromatic rings. The molecule has 0 spiro atoms. The Hall–Kier alpha value is -1.04. The van der Waals surface area contributed by atoms with E-state index in [9.17, 15) is 0 Å². The maximum atomic E-state index is 2.39. The lowest BCUT2D eigenvalue weighted by Gasteiger charge is -1.96. The molecule has 0 aliphatic heterocycles. The molecule has 23 heavy (non-hydrogen) atoms. The van der Waals surface area contributed by atoms with Gasteiger partial charge in [-0.1, -0.05) is 88.1 Å². The molecule has 0 aromatic carbocycles. The Morgan fingerprint density at radius 1 is 0.435 bits per heavy atom. The molecule has 132 valence electrons. The Morgan fingerprint density at radius 2 is 0.870 bits per heavy atom. The molecule has 0 heteroatoms. The fraction of sp³-hybridized carbons (Fsp3) is 0.652. The molecule has 0 saturated heterocycles. The fourth-order valence-electron chi connectivity index (χ4n) is 2.45. The van der Waals surface area contributed by atoms with Gasteiger partial charge in [0.2, 0.25) is 0 Å². The van der Waals surface area contributed by atoms with E-state index >= 15 is 0 Å². The van der Waals surface area contributed by atoms with Gasteiger partial charge in [-0.2, -0.15) is 0 Å². The van der Waals surface area contributed by atoms with E-state index in [0.717, 1.165) is 19.3 Å². The zero-order chi connectivity index (χ0) is 16.8. The van der Waals surface area contributed by atoms with E-state index in [2.05, 4.69) is 62.5 Å². The molecule has 0 amide bonds. The van der Waals surface area contributed by atoms with Crippen molar-refractivity contribution >= 4 is 0 Å². The van der Waals surface area contributed by atoms with Crippen LogP contribution in [0.1, 0.15) is 97.3 Å². The number of hydrogen-bond donors (Lipinski definition) is 0. The minimum Gasteiger partial charge on any atom is -0.0885 e. The summed E-state index contributed by atoms with van der Waals surface area (Å²) in [5, 5.41) is 0. The first-order chi connectivity index (χ1) is 11.4. The van der Waals surface area contributed by atoms with Gasteiger partial charge in [0.15, 0.2) is 0 Å². The maximum Gasteiger partial charge on any atom is -0.0169 e. The summed E-state index contributed by atoms with van der Waals surface area (Å²) in [4.78, 5) is 0. The standard InChI is InChI=1S/C23H40/c1-3-5-7-9-11-13-15-17-19-21-23-22-20-18-16-14-12-10-8-6-4-2/h5,7,11,13-14,16-17,19H,3-4,6,8-10,12,15,18,20-23H2,1-2H3/b7-5-,13-11-,16-14-,19-17-. The van der Waals surface area contributed by atoms with Gasteiger partial charge in [0.25, 0.3) is 0 Å². The van der Waals surface area contributed by atoms with Crippen LogP contribution < -0.4 is 0 Å². The van der Waals surface area contributed by atoms with E-state index in [1.165, 1.54) is 64.2 Å². The topological polar surface area (TPSA) is 0 Å². The third-order valence-corrected chi connectivity index (χ3v) is 3.91. The SMILES string of the molecule is CC/C=C\C/C=C\C/C=C\CCCCC/C=C\CCCCCC. The largest absolute Gasteiger partial charge is 0.0885 e. The van der Waals surface area contributed by atoms with Crippen LogP contribution in [0.2, 0.25) is 0 Å². The zero-order valence-corrected chi connectivity index (χ0v) is 15.8. The van der Waals surface area contributed by atoms with Crippen LogP contribution in [0.5, 0.6) is 0 Å². The second-order valence-electron chi connectivity index (χ2n) is 6.25. The first-order valence-corrected chi connectivity index (χ1v) is 10.0. The van der Waals surface area contributed by atoms with Crippen LogP contribution in [-0.2, 0) is 0 Å². The van der Waals surface area contributed by atoms with Crippen LogP contribution in [0.25, 0.3) is 0 Å². The highest BCUT2D eigenvalue weighted by molar-refractivity contribution is 4.96. The molecular weight excluding hydrogens is 276 g/mol. The van der Waals surface area contributed by atoms with Gasteiger partial charge in [-0.3, -0.25) is 0 Å². The first-order valence-electron chi connectivity index (χ1n) is 10.0. The summed E-state index contributed by atoms with van der Waals surface area (Å²) in [7, 11) is 0. The van der Waals surface area contributed by atoms with Crippen LogP contribution in [0, 0.1) is 0 Å². The third-order valence-electron chi connectivity index (χ3n) is 3.91. The minimum absolute atomic E-state index is 1.08. The highest BCUT2D eigenvalue weighted by Gasteiger charge is 1.87. The highest BCUT2D eigenvalue weighted by Crippen LogP contribution is 2.07. The fourth-order valence-corrected chi connectivity index (χ4v) is 2.45. The minimum atomic E-state index is 1.08. The molecule has 0 fully saturated rings. The predicted molar refractivity (Wildman–Crippen MR) is 108 cm³/mol. The van der Waals surface area contributed by atoms with Gasteiger partial charge in [-0.25, -0.2) is 0 Å². The van der Waals surface area contributed by atoms with E-state index in [1.54, 1.807) is 0 Å². The summed E-state index contributed by atoms with van der Waals surface area (Å²) >= 11 is 0. The molecule has 0 saturated carbocycles. The predicted octanol–water partition coefficient (Wildman–Crippen LogP) is 8.32. The highest BCUT2D eigenvalue weighted by atomic mass is 13.9. The number of unbranched alkanes of at least 4 members (excludes halogenated alkanes) is 8. The Kier molecular flexibility index (Phi) is 20.0. The monoisotopic (exact) mass is 316 g/mol. The van der Waals surface area contributed by atoms with E-state index in [-0.39, 0.29) is 0 Å². The van der Waals surface area contributed by atoms with Crippen molar-refractivity contribution in [1.82, 2.24) is 0 Å². The summed E-state index contributed by atoms with van der Waals surface area (Å²) in [5.41, 5.74) is 0. The molecule has 0 bridgehead atoms. The van der Waals surface area contributed by atoms with Crippen molar-refractivity contribution in [2.75, 3.05) is 0 Å². The first kappa shape index (κ1) is 22.0. The lowest BCUT2D eigenvalue weighted by molar-refractivity contribution is 0.670. The van der Waals surface area contributed by atoms with Gasteiger partial charge in [0.05, 0.1) is 0 Å². The van der Waals surface area contributed by atoms with Crippen molar-refractivity contribution in [3.63, 3.8) is 0 Å². The molecule has 0 aliphatic carbocycles. The second kappa shape index (κ2) is 21.0. The Morgan fingerprint density at radius 3 is 1.39 bits per heavy atom. The van der Waals surface area contributed by atoms with Crippen molar-refractivity contribution in [3.8, 4) is 0 Å². The lowest BCUT2D eigenvalue weighted by Crippen LogP contribution is -1.76. The average Bonchev–Trinajstić information content (AvgIpc) is 2.57. The van der Waals surface area contributed by atoms with Gasteiger partial charge >= 0.3 is 0 Å². The van der Waals surface area contributed by atoms with E-state index in [1.807, 2.05) is 0 Å². The Balaban J connectivity index is 3.24. The van der Waals surface area contributed by atoms with E-state index in [0.29, 0.717) is 0 Å². The number of allylic oxidation sites excluding steroid dienone is 8. The van der Waals surface area contributed by atoms with Crippen molar-refractivity contribution in [2.45, 2.75) is 97.3 Å². The van der Waals surface area contributed by atoms with E-state index in [4.69, 9.17) is 0 Å². The quantitative estimate of drug-likeness (QED) is 0.198. The molecule has 0 atom stereocenters. The van der Waals surface area contributed by atoms with E-state index < -0.39 is 0 Å². The Bertz CT molecular complexity index is 317. The van der Waals surface area contributed by atoms with Gasteiger partial charge in [-0.05, 0) is 57.8 Å². The van der Waals surface area contributed by atoms with Crippen molar-refractivity contribution in [2.24, 2.45) is 0 Å². The van der Waals surface area contributed by atoms with Crippen LogP contribution in [0.3, 0.4) is 0 Å². The average molecular weight is 317 g/mol. The van der Waals surface area contributed by atoms with Crippen LogP contribution in [-0.4, -0.2) is 0 Å². The van der Waals surface area contributed by atoms with Crippen LogP contribution in [0.4, 0.5) is 0 Å². The van der Waals surface area contributed by atoms with Crippen LogP contribution >= 0.6 is 0 Å². The third kappa shape index (κ3) is 21.0. The van der Waals surface area contributed by atoms with Crippen molar-refractivity contribution in [3.05, 3.63) is 48.6 Å². The van der Waals surface area contributed by atoms with Gasteiger partial charge in [0, 0.05) is 0 Å². The lowest BCUT2D eigenvalue weighted by atomic mass is 10.1. The molecule has 0 radical (unpaired) electrons. The molecule has 0 heterocycles. The van der Waals surface area contributed by atoms with Crippen LogP contribution in [0.15, 0.2) is 48.6 Å². The molecular formula is C23H40. The molecule has 0 aromatic heterocycles. The van der Waals surface area contributed by atoms with Crippen molar-refractivity contribution in [1.29, 1.82) is 0 Å². The van der Waals surface area contributed by atoms with Gasteiger partial charge < -0.3 is 0 Å². The number of rotatable bonds is 16. The molecule has 0 nitrogen and oxygen atoms in total. The summed E-state index contributed by atoms with van der Waals surface area (Å²) in [6.07, 6.45) is 35.1. The molecule has 0 unspecified atom stereocenters. The molecule has 0 rings (SSSR count). The summed E-state index contributed by atoms with van der Waals surface area (Å²) < 4.78 is 0. The normalized spacial score (nSPS) is 12.6. The summed E-state index contributed by atoms with van der Waals surface area (Å²) in [6, 6.07) is 0.